The first-order chi connectivity index (χ1) is 11.7. The van der Waals surface area contributed by atoms with Gasteiger partial charge in [0.15, 0.2) is 5.76 Å². The lowest BCUT2D eigenvalue weighted by Gasteiger charge is -2.07. The predicted octanol–water partition coefficient (Wildman–Crippen LogP) is 5.46. The molecule has 0 radical (unpaired) electrons. The minimum Gasteiger partial charge on any atom is -0.459 e. The lowest BCUT2D eigenvalue weighted by molar-refractivity contribution is 0.0996. The number of nitrogens with one attached hydrogen (secondary N) is 1. The highest BCUT2D eigenvalue weighted by Gasteiger charge is 2.13. The van der Waals surface area contributed by atoms with Gasteiger partial charge in [-0.15, -0.1) is 11.3 Å². The highest BCUT2D eigenvalue weighted by molar-refractivity contribution is 7.21. The van der Waals surface area contributed by atoms with Crippen molar-refractivity contribution in [2.24, 2.45) is 0 Å². The van der Waals surface area contributed by atoms with Crippen molar-refractivity contribution in [1.82, 2.24) is 4.98 Å². The van der Waals surface area contributed by atoms with E-state index < -0.39 is 0 Å². The van der Waals surface area contributed by atoms with E-state index >= 15 is 0 Å². The molecule has 0 aliphatic carbocycles. The average Bonchev–Trinajstić information content (AvgIpc) is 3.26. The third-order valence-electron chi connectivity index (χ3n) is 3.50. The van der Waals surface area contributed by atoms with Crippen LogP contribution in [-0.4, -0.2) is 10.9 Å². The first-order valence-electron chi connectivity index (χ1n) is 7.21. The van der Waals surface area contributed by atoms with Crippen molar-refractivity contribution in [3.63, 3.8) is 0 Å². The number of benzene rings is 2. The maximum Gasteiger partial charge on any atom is 0.291 e. The Bertz CT molecular complexity index is 992. The van der Waals surface area contributed by atoms with Crippen molar-refractivity contribution in [2.45, 2.75) is 0 Å². The van der Waals surface area contributed by atoms with Crippen LogP contribution in [-0.2, 0) is 0 Å². The maximum atomic E-state index is 12.1. The van der Waals surface area contributed by atoms with Gasteiger partial charge < -0.3 is 9.73 Å². The first kappa shape index (κ1) is 14.9. The van der Waals surface area contributed by atoms with Crippen LogP contribution in [0.2, 0.25) is 5.02 Å². The number of carbonyl (C=O) groups is 1. The number of hydrogen-bond donors (Lipinski definition) is 1. The summed E-state index contributed by atoms with van der Waals surface area (Å²) < 4.78 is 6.21. The highest BCUT2D eigenvalue weighted by atomic mass is 35.5. The molecule has 2 aromatic carbocycles. The number of aromatic nitrogens is 1. The van der Waals surface area contributed by atoms with E-state index in [1.807, 2.05) is 36.4 Å². The number of fused-ring (bicyclic) bond motifs is 1. The molecule has 4 rings (SSSR count). The van der Waals surface area contributed by atoms with Crippen LogP contribution in [0.15, 0.2) is 65.3 Å². The normalized spacial score (nSPS) is 10.9. The molecule has 0 spiro atoms. The van der Waals surface area contributed by atoms with Gasteiger partial charge in [0, 0.05) is 5.56 Å². The fourth-order valence-corrected chi connectivity index (χ4v) is 3.47. The molecule has 0 atom stereocenters. The summed E-state index contributed by atoms with van der Waals surface area (Å²) in [7, 11) is 0. The van der Waals surface area contributed by atoms with Gasteiger partial charge in [-0.3, -0.25) is 4.79 Å². The summed E-state index contributed by atoms with van der Waals surface area (Å²) in [6.45, 7) is 0. The Morgan fingerprint density at radius 1 is 1.12 bits per heavy atom. The summed E-state index contributed by atoms with van der Waals surface area (Å²) in [5, 5.41) is 4.10. The molecule has 118 valence electrons. The highest BCUT2D eigenvalue weighted by Crippen LogP contribution is 2.33. The summed E-state index contributed by atoms with van der Waals surface area (Å²) in [5.74, 6) is -0.111. The number of amides is 1. The van der Waals surface area contributed by atoms with E-state index in [-0.39, 0.29) is 11.7 Å². The van der Waals surface area contributed by atoms with E-state index in [1.54, 1.807) is 29.5 Å². The molecule has 2 heterocycles. The molecule has 0 saturated heterocycles. The Hall–Kier alpha value is -2.63. The van der Waals surface area contributed by atoms with Crippen LogP contribution in [0.4, 0.5) is 5.69 Å². The van der Waals surface area contributed by atoms with Crippen LogP contribution < -0.4 is 5.32 Å². The zero-order valence-electron chi connectivity index (χ0n) is 12.3. The molecule has 1 N–H and O–H groups in total. The average molecular weight is 355 g/mol. The van der Waals surface area contributed by atoms with E-state index in [0.29, 0.717) is 10.7 Å². The van der Waals surface area contributed by atoms with Crippen LogP contribution in [0, 0.1) is 0 Å². The molecular formula is C18H11ClN2O2S. The zero-order valence-corrected chi connectivity index (χ0v) is 13.9. The summed E-state index contributed by atoms with van der Waals surface area (Å²) in [6, 6.07) is 16.7. The smallest absolute Gasteiger partial charge is 0.291 e. The molecule has 0 unspecified atom stereocenters. The number of hydrogen-bond acceptors (Lipinski definition) is 4. The minimum atomic E-state index is -0.344. The van der Waals surface area contributed by atoms with Gasteiger partial charge in [-0.05, 0) is 36.4 Å². The molecule has 6 heteroatoms. The number of rotatable bonds is 3. The topological polar surface area (TPSA) is 55.1 Å². The largest absolute Gasteiger partial charge is 0.459 e. The van der Waals surface area contributed by atoms with E-state index in [0.717, 1.165) is 20.8 Å². The second kappa shape index (κ2) is 6.11. The molecule has 2 aromatic heterocycles. The van der Waals surface area contributed by atoms with Crippen molar-refractivity contribution in [1.29, 1.82) is 0 Å². The quantitative estimate of drug-likeness (QED) is 0.531. The van der Waals surface area contributed by atoms with Crippen LogP contribution in [0.1, 0.15) is 10.6 Å². The summed E-state index contributed by atoms with van der Waals surface area (Å²) in [4.78, 5) is 16.8. The molecule has 0 aliphatic rings. The molecule has 0 saturated carbocycles. The minimum absolute atomic E-state index is 0.233. The van der Waals surface area contributed by atoms with Gasteiger partial charge in [0.1, 0.15) is 5.01 Å². The molecule has 0 bridgehead atoms. The van der Waals surface area contributed by atoms with Gasteiger partial charge in [0.2, 0.25) is 0 Å². The maximum absolute atomic E-state index is 12.1. The standard InChI is InChI=1S/C18H11ClN2O2S/c19-12-8-7-11(18-21-13-4-1-2-6-16(13)24-18)10-14(12)20-17(22)15-5-3-9-23-15/h1-10H,(H,20,22). The molecule has 4 aromatic rings. The van der Waals surface area contributed by atoms with Gasteiger partial charge in [0.05, 0.1) is 27.2 Å². The second-order valence-electron chi connectivity index (χ2n) is 5.11. The molecule has 1 amide bonds. The Kier molecular flexibility index (Phi) is 3.80. The monoisotopic (exact) mass is 354 g/mol. The molecular weight excluding hydrogens is 344 g/mol. The fourth-order valence-electron chi connectivity index (χ4n) is 2.34. The van der Waals surface area contributed by atoms with Gasteiger partial charge >= 0.3 is 0 Å². The zero-order chi connectivity index (χ0) is 16.5. The van der Waals surface area contributed by atoms with E-state index in [1.165, 1.54) is 6.26 Å². The van der Waals surface area contributed by atoms with Gasteiger partial charge in [0.25, 0.3) is 5.91 Å². The Morgan fingerprint density at radius 3 is 2.79 bits per heavy atom. The number of nitrogens with zero attached hydrogens (tertiary/aromatic N) is 1. The number of para-hydroxylation sites is 1. The van der Waals surface area contributed by atoms with Crippen LogP contribution >= 0.6 is 22.9 Å². The number of halogens is 1. The fraction of sp³-hybridized carbons (Fsp3) is 0. The van der Waals surface area contributed by atoms with Crippen molar-refractivity contribution >= 4 is 44.7 Å². The number of carbonyl (C=O) groups excluding carboxylic acids is 1. The van der Waals surface area contributed by atoms with Gasteiger partial charge in [-0.2, -0.15) is 0 Å². The molecule has 24 heavy (non-hydrogen) atoms. The number of thiazole rings is 1. The van der Waals surface area contributed by atoms with E-state index in [4.69, 9.17) is 16.0 Å². The van der Waals surface area contributed by atoms with E-state index in [2.05, 4.69) is 10.3 Å². The number of furan rings is 1. The summed E-state index contributed by atoms with van der Waals surface area (Å²) in [6.07, 6.45) is 1.45. The Morgan fingerprint density at radius 2 is 2.00 bits per heavy atom. The van der Waals surface area contributed by atoms with E-state index in [9.17, 15) is 4.79 Å². The third-order valence-corrected chi connectivity index (χ3v) is 4.92. The van der Waals surface area contributed by atoms with Crippen molar-refractivity contribution in [3.05, 3.63) is 71.6 Å². The van der Waals surface area contributed by atoms with Crippen molar-refractivity contribution < 1.29 is 9.21 Å². The Balaban J connectivity index is 1.69. The summed E-state index contributed by atoms with van der Waals surface area (Å²) in [5.41, 5.74) is 2.37. The lowest BCUT2D eigenvalue weighted by atomic mass is 10.2. The second-order valence-corrected chi connectivity index (χ2v) is 6.55. The van der Waals surface area contributed by atoms with Crippen LogP contribution in [0.5, 0.6) is 0 Å². The third kappa shape index (κ3) is 2.79. The lowest BCUT2D eigenvalue weighted by Crippen LogP contribution is -2.11. The summed E-state index contributed by atoms with van der Waals surface area (Å²) >= 11 is 7.80. The molecule has 0 fully saturated rings. The van der Waals surface area contributed by atoms with Crippen LogP contribution in [0.3, 0.4) is 0 Å². The molecule has 0 aliphatic heterocycles. The molecule has 4 nitrogen and oxygen atoms in total. The first-order valence-corrected chi connectivity index (χ1v) is 8.40. The van der Waals surface area contributed by atoms with Gasteiger partial charge in [-0.25, -0.2) is 4.98 Å². The van der Waals surface area contributed by atoms with Gasteiger partial charge in [-0.1, -0.05) is 29.8 Å². The number of anilines is 1. The SMILES string of the molecule is O=C(Nc1cc(-c2nc3ccccc3s2)ccc1Cl)c1ccco1. The predicted molar refractivity (Wildman–Crippen MR) is 96.7 cm³/mol. The van der Waals surface area contributed by atoms with Crippen LogP contribution in [0.25, 0.3) is 20.8 Å². The Labute approximate surface area is 146 Å². The van der Waals surface area contributed by atoms with Crippen molar-refractivity contribution in [2.75, 3.05) is 5.32 Å². The van der Waals surface area contributed by atoms with Crippen molar-refractivity contribution in [3.8, 4) is 10.6 Å².